The molecule has 1 nitrogen and oxygen atoms in total. The first-order valence-corrected chi connectivity index (χ1v) is 3.60. The Labute approximate surface area is 86.7 Å². The van der Waals surface area contributed by atoms with Crippen molar-refractivity contribution in [3.63, 3.8) is 0 Å². The van der Waals surface area contributed by atoms with Gasteiger partial charge in [0.2, 0.25) is 0 Å². The number of nitrogens with zero attached hydrogens (tertiary/aromatic N) is 1. The van der Waals surface area contributed by atoms with Crippen molar-refractivity contribution >= 4 is 15.9 Å². The number of rotatable bonds is 1. The molecule has 1 aromatic carbocycles. The van der Waals surface area contributed by atoms with E-state index in [-0.39, 0.29) is 18.9 Å². The van der Waals surface area contributed by atoms with E-state index in [9.17, 15) is 0 Å². The van der Waals surface area contributed by atoms with Gasteiger partial charge in [0, 0.05) is 6.07 Å². The van der Waals surface area contributed by atoms with E-state index in [4.69, 9.17) is 5.26 Å². The third kappa shape index (κ3) is 3.53. The molecule has 50 valence electrons. The average molecular weight is 202 g/mol. The minimum atomic E-state index is 0. The van der Waals surface area contributed by atoms with Gasteiger partial charge in [0.05, 0.1) is 0 Å². The molecule has 0 fully saturated rings. The van der Waals surface area contributed by atoms with E-state index in [2.05, 4.69) is 15.9 Å². The van der Waals surface area contributed by atoms with Gasteiger partial charge in [-0.3, -0.25) is 0 Å². The molecule has 0 heterocycles. The first-order chi connectivity index (χ1) is 4.83. The van der Waals surface area contributed by atoms with Crippen LogP contribution in [-0.4, -0.2) is 0 Å². The van der Waals surface area contributed by atoms with Crippen molar-refractivity contribution in [2.45, 2.75) is 0 Å². The Morgan fingerprint density at radius 2 is 1.82 bits per heavy atom. The molecule has 0 atom stereocenters. The second kappa shape index (κ2) is 5.33. The van der Waals surface area contributed by atoms with E-state index in [0.29, 0.717) is 0 Å². The maximum Gasteiger partial charge on any atom is 1.00 e. The minimum absolute atomic E-state index is 0. The summed E-state index contributed by atoms with van der Waals surface area (Å²) in [6.45, 7) is 0. The summed E-state index contributed by atoms with van der Waals surface area (Å²) in [5.74, 6) is 0. The molecule has 0 amide bonds. The van der Waals surface area contributed by atoms with Gasteiger partial charge in [0.1, 0.15) is 0 Å². The van der Waals surface area contributed by atoms with Gasteiger partial charge in [0.25, 0.3) is 0 Å². The fourth-order valence-corrected chi connectivity index (χ4v) is 0.898. The number of hydrogen-bond donors (Lipinski definition) is 0. The predicted octanol–water partition coefficient (Wildman–Crippen LogP) is -0.471. The van der Waals surface area contributed by atoms with Crippen LogP contribution in [0.4, 0.5) is 0 Å². The van der Waals surface area contributed by atoms with E-state index in [0.717, 1.165) is 10.0 Å². The number of benzene rings is 1. The van der Waals surface area contributed by atoms with Crippen molar-refractivity contribution in [1.29, 1.82) is 5.26 Å². The summed E-state index contributed by atoms with van der Waals surface area (Å²) in [6.07, 6.45) is 1.51. The molecule has 0 aromatic heterocycles. The molecule has 0 spiro atoms. The summed E-state index contributed by atoms with van der Waals surface area (Å²) in [7, 11) is 0. The van der Waals surface area contributed by atoms with E-state index in [1.54, 1.807) is 0 Å². The topological polar surface area (TPSA) is 23.8 Å². The molecule has 0 aliphatic carbocycles. The van der Waals surface area contributed by atoms with Crippen molar-refractivity contribution in [2.75, 3.05) is 0 Å². The Morgan fingerprint density at radius 3 is 2.27 bits per heavy atom. The molecule has 0 aliphatic heterocycles. The second-order valence-corrected chi connectivity index (χ2v) is 2.74. The van der Waals surface area contributed by atoms with Gasteiger partial charge in [0.15, 0.2) is 0 Å². The van der Waals surface area contributed by atoms with Crippen molar-refractivity contribution in [2.24, 2.45) is 0 Å². The van der Waals surface area contributed by atoms with Crippen LogP contribution in [0.1, 0.15) is 5.56 Å². The Hall–Kier alpha value is -0.343. The molecular weight excluding hydrogens is 197 g/mol. The van der Waals surface area contributed by atoms with Crippen molar-refractivity contribution in [3.05, 3.63) is 40.7 Å². The quantitative estimate of drug-likeness (QED) is 0.446. The fraction of sp³-hybridized carbons (Fsp3) is 0. The fourth-order valence-electron chi connectivity index (χ4n) is 0.634. The molecule has 0 radical (unpaired) electrons. The summed E-state index contributed by atoms with van der Waals surface area (Å²) >= 11 is 3.30. The predicted molar refractivity (Wildman–Crippen MR) is 43.2 cm³/mol. The SMILES string of the molecule is N#C[CH-]c1ccc(Br)cc1.[Li+]. The molecule has 3 heteroatoms. The molecule has 11 heavy (non-hydrogen) atoms. The summed E-state index contributed by atoms with van der Waals surface area (Å²) < 4.78 is 1.03. The Kier molecular flexibility index (Phi) is 5.16. The molecular formula is C8H5BrLiN. The third-order valence-corrected chi connectivity index (χ3v) is 1.63. The van der Waals surface area contributed by atoms with Gasteiger partial charge in [-0.25, -0.2) is 5.26 Å². The minimum Gasteiger partial charge on any atom is -0.208 e. The van der Waals surface area contributed by atoms with Gasteiger partial charge in [-0.2, -0.15) is 17.7 Å². The molecule has 0 saturated heterocycles. The van der Waals surface area contributed by atoms with Gasteiger partial charge >= 0.3 is 18.9 Å². The van der Waals surface area contributed by atoms with Crippen molar-refractivity contribution in [1.82, 2.24) is 0 Å². The normalized spacial score (nSPS) is 7.64. The van der Waals surface area contributed by atoms with Crippen LogP contribution in [0.5, 0.6) is 0 Å². The van der Waals surface area contributed by atoms with E-state index < -0.39 is 0 Å². The Bertz CT molecular complexity index is 250. The summed E-state index contributed by atoms with van der Waals surface area (Å²) in [4.78, 5) is 0. The van der Waals surface area contributed by atoms with Crippen LogP contribution >= 0.6 is 15.9 Å². The molecule has 1 rings (SSSR count). The van der Waals surface area contributed by atoms with E-state index in [1.807, 2.05) is 30.3 Å². The first-order valence-electron chi connectivity index (χ1n) is 2.81. The van der Waals surface area contributed by atoms with Crippen LogP contribution in [0, 0.1) is 17.8 Å². The standard InChI is InChI=1S/C8H5BrN.Li/c9-8-3-1-7(2-4-8)5-6-10;/h1-5H;/q-1;+1. The van der Waals surface area contributed by atoms with Gasteiger partial charge < -0.3 is 0 Å². The average Bonchev–Trinajstić information content (AvgIpc) is 1.95. The molecule has 0 N–H and O–H groups in total. The number of hydrogen-bond acceptors (Lipinski definition) is 1. The molecule has 0 unspecified atom stereocenters. The summed E-state index contributed by atoms with van der Waals surface area (Å²) in [5, 5.41) is 8.27. The molecule has 0 aliphatic rings. The van der Waals surface area contributed by atoms with Crippen LogP contribution in [0.2, 0.25) is 0 Å². The van der Waals surface area contributed by atoms with E-state index >= 15 is 0 Å². The maximum atomic E-state index is 8.27. The zero-order valence-corrected chi connectivity index (χ0v) is 7.80. The van der Waals surface area contributed by atoms with Gasteiger partial charge in [-0.05, 0) is 4.47 Å². The van der Waals surface area contributed by atoms with Crippen LogP contribution in [0.3, 0.4) is 0 Å². The van der Waals surface area contributed by atoms with Crippen molar-refractivity contribution in [3.8, 4) is 6.07 Å². The van der Waals surface area contributed by atoms with Gasteiger partial charge in [-0.1, -0.05) is 22.4 Å². The zero-order chi connectivity index (χ0) is 7.40. The monoisotopic (exact) mass is 201 g/mol. The van der Waals surface area contributed by atoms with Crippen molar-refractivity contribution < 1.29 is 18.9 Å². The zero-order valence-electron chi connectivity index (χ0n) is 6.21. The third-order valence-electron chi connectivity index (χ3n) is 1.10. The molecule has 0 bridgehead atoms. The van der Waals surface area contributed by atoms with Crippen LogP contribution in [-0.2, 0) is 0 Å². The van der Waals surface area contributed by atoms with Crippen LogP contribution < -0.4 is 18.9 Å². The number of nitriles is 1. The second-order valence-electron chi connectivity index (χ2n) is 1.82. The van der Waals surface area contributed by atoms with Crippen LogP contribution in [0.25, 0.3) is 0 Å². The van der Waals surface area contributed by atoms with Gasteiger partial charge in [-0.15, -0.1) is 12.1 Å². The summed E-state index contributed by atoms with van der Waals surface area (Å²) in [6, 6.07) is 9.54. The Balaban J connectivity index is 0.000001000. The van der Waals surface area contributed by atoms with Crippen LogP contribution in [0.15, 0.2) is 28.7 Å². The molecule has 1 aromatic rings. The number of halogens is 1. The summed E-state index contributed by atoms with van der Waals surface area (Å²) in [5.41, 5.74) is 0.936. The Morgan fingerprint density at radius 1 is 1.27 bits per heavy atom. The molecule has 0 saturated carbocycles. The maximum absolute atomic E-state index is 8.27. The first kappa shape index (κ1) is 10.7. The smallest absolute Gasteiger partial charge is 0.208 e. The van der Waals surface area contributed by atoms with E-state index in [1.165, 1.54) is 6.42 Å². The largest absolute Gasteiger partial charge is 1.00 e.